The fourth-order valence-corrected chi connectivity index (χ4v) is 3.27. The molecule has 0 bridgehead atoms. The molecular formula is C16H28N2O3. The quantitative estimate of drug-likeness (QED) is 0.766. The Hall–Kier alpha value is -0.650. The molecule has 2 atom stereocenters. The van der Waals surface area contributed by atoms with E-state index in [9.17, 15) is 4.79 Å². The minimum Gasteiger partial charge on any atom is -0.376 e. The van der Waals surface area contributed by atoms with E-state index >= 15 is 0 Å². The highest BCUT2D eigenvalue weighted by molar-refractivity contribution is 5.80. The fraction of sp³-hybridized carbons (Fsp3) is 0.938. The summed E-state index contributed by atoms with van der Waals surface area (Å²) in [4.78, 5) is 16.9. The molecule has 2 aliphatic heterocycles. The predicted octanol–water partition coefficient (Wildman–Crippen LogP) is 1.27. The van der Waals surface area contributed by atoms with Crippen LogP contribution in [0.3, 0.4) is 0 Å². The van der Waals surface area contributed by atoms with Crippen molar-refractivity contribution in [2.75, 3.05) is 39.4 Å². The number of piperazine rings is 1. The standard InChI is InChI=1S/C16H28N2O3/c1-13(21-12-15-4-2-3-11-20-15)16(19)18-9-7-17(8-10-18)14-5-6-14/h13-15H,2-12H2,1H3/t13-,15-/m1/s1. The molecule has 0 N–H and O–H groups in total. The second kappa shape index (κ2) is 7.07. The van der Waals surface area contributed by atoms with Gasteiger partial charge in [-0.2, -0.15) is 0 Å². The van der Waals surface area contributed by atoms with Crippen LogP contribution in [0.1, 0.15) is 39.0 Å². The molecule has 1 saturated carbocycles. The number of carbonyl (C=O) groups is 1. The average Bonchev–Trinajstić information content (AvgIpc) is 3.38. The summed E-state index contributed by atoms with van der Waals surface area (Å²) in [7, 11) is 0. The van der Waals surface area contributed by atoms with Crippen molar-refractivity contribution in [2.45, 2.75) is 57.3 Å². The fourth-order valence-electron chi connectivity index (χ4n) is 3.27. The van der Waals surface area contributed by atoms with Crippen molar-refractivity contribution >= 4 is 5.91 Å². The Morgan fingerprint density at radius 3 is 2.57 bits per heavy atom. The average molecular weight is 296 g/mol. The van der Waals surface area contributed by atoms with Gasteiger partial charge in [-0.1, -0.05) is 0 Å². The van der Waals surface area contributed by atoms with Crippen molar-refractivity contribution in [2.24, 2.45) is 0 Å². The summed E-state index contributed by atoms with van der Waals surface area (Å²) in [5.41, 5.74) is 0. The molecule has 21 heavy (non-hydrogen) atoms. The van der Waals surface area contributed by atoms with E-state index in [0.717, 1.165) is 51.7 Å². The smallest absolute Gasteiger partial charge is 0.251 e. The van der Waals surface area contributed by atoms with Crippen LogP contribution >= 0.6 is 0 Å². The number of carbonyl (C=O) groups excluding carboxylic acids is 1. The van der Waals surface area contributed by atoms with E-state index in [1.165, 1.54) is 19.3 Å². The van der Waals surface area contributed by atoms with Crippen molar-refractivity contribution in [3.8, 4) is 0 Å². The lowest BCUT2D eigenvalue weighted by molar-refractivity contribution is -0.147. The highest BCUT2D eigenvalue weighted by atomic mass is 16.5. The van der Waals surface area contributed by atoms with Gasteiger partial charge in [0.1, 0.15) is 6.10 Å². The molecule has 5 heteroatoms. The van der Waals surface area contributed by atoms with Gasteiger partial charge in [0.25, 0.3) is 5.91 Å². The first-order valence-corrected chi connectivity index (χ1v) is 8.50. The van der Waals surface area contributed by atoms with Crippen LogP contribution in [0.5, 0.6) is 0 Å². The van der Waals surface area contributed by atoms with Crippen molar-refractivity contribution in [1.29, 1.82) is 0 Å². The van der Waals surface area contributed by atoms with Crippen LogP contribution in [0.4, 0.5) is 0 Å². The lowest BCUT2D eigenvalue weighted by Crippen LogP contribution is -2.52. The Bertz CT molecular complexity index is 345. The molecule has 0 aromatic rings. The summed E-state index contributed by atoms with van der Waals surface area (Å²) in [6.07, 6.45) is 5.93. The lowest BCUT2D eigenvalue weighted by Gasteiger charge is -2.36. The van der Waals surface area contributed by atoms with Crippen molar-refractivity contribution in [1.82, 2.24) is 9.80 Å². The lowest BCUT2D eigenvalue weighted by atomic mass is 10.1. The van der Waals surface area contributed by atoms with Crippen LogP contribution in [0.2, 0.25) is 0 Å². The zero-order valence-corrected chi connectivity index (χ0v) is 13.1. The van der Waals surface area contributed by atoms with Gasteiger partial charge in [-0.15, -0.1) is 0 Å². The normalized spacial score (nSPS) is 29.4. The second-order valence-corrected chi connectivity index (χ2v) is 6.56. The number of amides is 1. The number of rotatable bonds is 5. The van der Waals surface area contributed by atoms with E-state index in [1.807, 2.05) is 11.8 Å². The number of nitrogens with zero attached hydrogens (tertiary/aromatic N) is 2. The van der Waals surface area contributed by atoms with Gasteiger partial charge in [0, 0.05) is 38.8 Å². The summed E-state index contributed by atoms with van der Waals surface area (Å²) < 4.78 is 11.4. The Labute approximate surface area is 127 Å². The Morgan fingerprint density at radius 1 is 1.19 bits per heavy atom. The van der Waals surface area contributed by atoms with E-state index < -0.39 is 0 Å². The molecule has 120 valence electrons. The van der Waals surface area contributed by atoms with Gasteiger partial charge >= 0.3 is 0 Å². The summed E-state index contributed by atoms with van der Waals surface area (Å²) >= 11 is 0. The molecule has 1 aliphatic carbocycles. The number of hydrogen-bond donors (Lipinski definition) is 0. The summed E-state index contributed by atoms with van der Waals surface area (Å²) in [6, 6.07) is 0.805. The third-order valence-electron chi connectivity index (χ3n) is 4.84. The third-order valence-corrected chi connectivity index (χ3v) is 4.84. The van der Waals surface area contributed by atoms with Crippen molar-refractivity contribution in [3.05, 3.63) is 0 Å². The first-order chi connectivity index (χ1) is 10.2. The summed E-state index contributed by atoms with van der Waals surface area (Å²) in [5, 5.41) is 0. The molecule has 5 nitrogen and oxygen atoms in total. The van der Waals surface area contributed by atoms with E-state index in [4.69, 9.17) is 9.47 Å². The molecule has 0 radical (unpaired) electrons. The van der Waals surface area contributed by atoms with Gasteiger partial charge in [0.15, 0.2) is 0 Å². The van der Waals surface area contributed by atoms with Crippen LogP contribution in [0.25, 0.3) is 0 Å². The van der Waals surface area contributed by atoms with Gasteiger partial charge in [-0.3, -0.25) is 9.69 Å². The van der Waals surface area contributed by atoms with E-state index in [-0.39, 0.29) is 18.1 Å². The molecule has 0 spiro atoms. The van der Waals surface area contributed by atoms with Crippen molar-refractivity contribution < 1.29 is 14.3 Å². The summed E-state index contributed by atoms with van der Waals surface area (Å²) in [6.45, 7) is 7.00. The maximum absolute atomic E-state index is 12.4. The highest BCUT2D eigenvalue weighted by Crippen LogP contribution is 2.27. The zero-order valence-electron chi connectivity index (χ0n) is 13.1. The SMILES string of the molecule is C[C@@H](OC[C@H]1CCCCO1)C(=O)N1CCN(C2CC2)CC1. The number of ether oxygens (including phenoxy) is 2. The monoisotopic (exact) mass is 296 g/mol. The Morgan fingerprint density at radius 2 is 1.95 bits per heavy atom. The minimum atomic E-state index is -0.344. The summed E-state index contributed by atoms with van der Waals surface area (Å²) in [5.74, 6) is 0.140. The van der Waals surface area contributed by atoms with Gasteiger partial charge in [-0.05, 0) is 39.0 Å². The Balaban J connectivity index is 1.37. The van der Waals surface area contributed by atoms with Gasteiger partial charge in [0.2, 0.25) is 0 Å². The molecule has 2 heterocycles. The molecule has 2 saturated heterocycles. The van der Waals surface area contributed by atoms with Crippen LogP contribution < -0.4 is 0 Å². The molecule has 0 aromatic heterocycles. The largest absolute Gasteiger partial charge is 0.376 e. The van der Waals surface area contributed by atoms with Crippen LogP contribution in [-0.4, -0.2) is 73.3 Å². The molecule has 0 aromatic carbocycles. The highest BCUT2D eigenvalue weighted by Gasteiger charge is 2.33. The first kappa shape index (κ1) is 15.3. The Kier molecular flexibility index (Phi) is 5.14. The minimum absolute atomic E-state index is 0.140. The molecule has 0 unspecified atom stereocenters. The van der Waals surface area contributed by atoms with E-state index in [2.05, 4.69) is 4.90 Å². The van der Waals surface area contributed by atoms with E-state index in [0.29, 0.717) is 6.61 Å². The maximum Gasteiger partial charge on any atom is 0.251 e. The zero-order chi connectivity index (χ0) is 14.7. The molecule has 3 aliphatic rings. The second-order valence-electron chi connectivity index (χ2n) is 6.56. The predicted molar refractivity (Wildman–Crippen MR) is 80.2 cm³/mol. The van der Waals surface area contributed by atoms with Crippen LogP contribution in [-0.2, 0) is 14.3 Å². The van der Waals surface area contributed by atoms with Gasteiger partial charge < -0.3 is 14.4 Å². The van der Waals surface area contributed by atoms with E-state index in [1.54, 1.807) is 0 Å². The van der Waals surface area contributed by atoms with Gasteiger partial charge in [0.05, 0.1) is 12.7 Å². The maximum atomic E-state index is 12.4. The topological polar surface area (TPSA) is 42.0 Å². The molecular weight excluding hydrogens is 268 g/mol. The molecule has 1 amide bonds. The third kappa shape index (κ3) is 4.18. The van der Waals surface area contributed by atoms with Crippen molar-refractivity contribution in [3.63, 3.8) is 0 Å². The number of hydrogen-bond acceptors (Lipinski definition) is 4. The van der Waals surface area contributed by atoms with Crippen LogP contribution in [0.15, 0.2) is 0 Å². The first-order valence-electron chi connectivity index (χ1n) is 8.50. The van der Waals surface area contributed by atoms with Gasteiger partial charge in [-0.25, -0.2) is 0 Å². The van der Waals surface area contributed by atoms with Crippen LogP contribution in [0, 0.1) is 0 Å². The molecule has 3 fully saturated rings. The molecule has 3 rings (SSSR count).